The molecule has 1 heterocycles. The Morgan fingerprint density at radius 3 is 2.18 bits per heavy atom. The number of nitrogens with zero attached hydrogens (tertiary/aromatic N) is 1. The molecule has 2 aromatic carbocycles. The number of H-pyrrole nitrogens is 1. The van der Waals surface area contributed by atoms with Crippen LogP contribution in [0.3, 0.4) is 0 Å². The molecule has 0 amide bonds. The van der Waals surface area contributed by atoms with E-state index < -0.39 is 21.8 Å². The van der Waals surface area contributed by atoms with Crippen molar-refractivity contribution in [1.82, 2.24) is 9.97 Å². The molecule has 3 aromatic rings. The van der Waals surface area contributed by atoms with Crippen molar-refractivity contribution in [2.24, 2.45) is 0 Å². The Labute approximate surface area is 169 Å². The molecule has 1 N–H and O–H groups in total. The van der Waals surface area contributed by atoms with Crippen LogP contribution in [0.4, 0.5) is 13.2 Å². The zero-order valence-corrected chi connectivity index (χ0v) is 17.0. The molecule has 0 unspecified atom stereocenters. The Morgan fingerprint density at radius 2 is 1.68 bits per heavy atom. The van der Waals surface area contributed by atoms with E-state index in [1.807, 2.05) is 6.26 Å². The fourth-order valence-corrected chi connectivity index (χ4v) is 4.11. The summed E-state index contributed by atoms with van der Waals surface area (Å²) in [6, 6.07) is 10.5. The molecule has 0 bridgehead atoms. The molecule has 0 saturated carbocycles. The average Bonchev–Trinajstić information content (AvgIpc) is 3.07. The van der Waals surface area contributed by atoms with Crippen molar-refractivity contribution in [1.29, 1.82) is 0 Å². The first-order valence-corrected chi connectivity index (χ1v) is 11.3. The number of thioether (sulfide) groups is 1. The normalized spacial score (nSPS) is 12.4. The molecule has 148 valence electrons. The SMILES string of the molecule is CSc1ccc(-c2nc(C(F)(F)F)[nH]c2-c2ccc(S(C)(=O)=O)cc2)cc1Cl. The van der Waals surface area contributed by atoms with Crippen LogP contribution in [0.5, 0.6) is 0 Å². The first kappa shape index (κ1) is 20.8. The maximum Gasteiger partial charge on any atom is 0.449 e. The van der Waals surface area contributed by atoms with E-state index >= 15 is 0 Å². The third-order valence-corrected chi connectivity index (χ3v) is 6.32. The zero-order valence-electron chi connectivity index (χ0n) is 14.6. The molecule has 10 heteroatoms. The Kier molecular flexibility index (Phi) is 5.53. The maximum absolute atomic E-state index is 13.2. The molecule has 3 rings (SSSR count). The number of hydrogen-bond donors (Lipinski definition) is 1. The highest BCUT2D eigenvalue weighted by Gasteiger charge is 2.36. The zero-order chi connectivity index (χ0) is 20.7. The van der Waals surface area contributed by atoms with Gasteiger partial charge in [0.15, 0.2) is 9.84 Å². The molecule has 0 saturated heterocycles. The van der Waals surface area contributed by atoms with Gasteiger partial charge in [0, 0.05) is 22.3 Å². The third-order valence-electron chi connectivity index (χ3n) is 3.97. The van der Waals surface area contributed by atoms with E-state index in [0.29, 0.717) is 16.1 Å². The van der Waals surface area contributed by atoms with Crippen LogP contribution in [0, 0.1) is 0 Å². The van der Waals surface area contributed by atoms with Crippen molar-refractivity contribution < 1.29 is 21.6 Å². The van der Waals surface area contributed by atoms with Gasteiger partial charge in [-0.05, 0) is 30.5 Å². The Hall–Kier alpha value is -1.97. The second-order valence-electron chi connectivity index (χ2n) is 5.95. The second kappa shape index (κ2) is 7.46. The van der Waals surface area contributed by atoms with Gasteiger partial charge in [-0.3, -0.25) is 0 Å². The molecular weight excluding hydrogens is 433 g/mol. The minimum absolute atomic E-state index is 0.0701. The number of halogens is 4. The summed E-state index contributed by atoms with van der Waals surface area (Å²) in [4.78, 5) is 6.90. The summed E-state index contributed by atoms with van der Waals surface area (Å²) in [6.07, 6.45) is -1.77. The standard InChI is InChI=1S/C18H14ClF3N2O2S2/c1-27-14-8-5-11(9-13(14)19)16-15(23-17(24-16)18(20,21)22)10-3-6-12(7-4-10)28(2,25)26/h3-9H,1-2H3,(H,23,24). The van der Waals surface area contributed by atoms with Crippen LogP contribution in [0.15, 0.2) is 52.3 Å². The third kappa shape index (κ3) is 4.21. The highest BCUT2D eigenvalue weighted by molar-refractivity contribution is 7.98. The van der Waals surface area contributed by atoms with Gasteiger partial charge in [-0.1, -0.05) is 29.8 Å². The summed E-state index contributed by atoms with van der Waals surface area (Å²) < 4.78 is 62.9. The summed E-state index contributed by atoms with van der Waals surface area (Å²) in [5.74, 6) is -1.14. The minimum atomic E-state index is -4.66. The van der Waals surface area contributed by atoms with Gasteiger partial charge in [0.1, 0.15) is 0 Å². The molecule has 0 aliphatic heterocycles. The second-order valence-corrected chi connectivity index (χ2v) is 9.22. The van der Waals surface area contributed by atoms with Crippen LogP contribution in [-0.4, -0.2) is 30.9 Å². The molecule has 0 radical (unpaired) electrons. The van der Waals surface area contributed by atoms with E-state index in [0.717, 1.165) is 11.2 Å². The molecule has 0 fully saturated rings. The molecule has 0 atom stereocenters. The molecule has 1 aromatic heterocycles. The fraction of sp³-hybridized carbons (Fsp3) is 0.167. The number of alkyl halides is 3. The number of sulfone groups is 1. The lowest BCUT2D eigenvalue weighted by Gasteiger charge is -2.07. The van der Waals surface area contributed by atoms with Crippen LogP contribution in [0.1, 0.15) is 5.82 Å². The van der Waals surface area contributed by atoms with Gasteiger partial charge in [0.25, 0.3) is 0 Å². The number of benzene rings is 2. The van der Waals surface area contributed by atoms with Crippen LogP contribution in [0.2, 0.25) is 5.02 Å². The number of rotatable bonds is 4. The van der Waals surface area contributed by atoms with Crippen LogP contribution >= 0.6 is 23.4 Å². The molecule has 0 aliphatic rings. The van der Waals surface area contributed by atoms with Gasteiger partial charge in [-0.25, -0.2) is 13.4 Å². The summed E-state index contributed by atoms with van der Waals surface area (Å²) in [5, 5.41) is 0.403. The Morgan fingerprint density at radius 1 is 1.07 bits per heavy atom. The highest BCUT2D eigenvalue weighted by atomic mass is 35.5. The van der Waals surface area contributed by atoms with Crippen LogP contribution in [-0.2, 0) is 16.0 Å². The summed E-state index contributed by atoms with van der Waals surface area (Å²) in [5.41, 5.74) is 0.988. The Bertz CT molecular complexity index is 1120. The van der Waals surface area contributed by atoms with Crippen molar-refractivity contribution in [3.8, 4) is 22.5 Å². The number of imidazole rings is 1. The quantitative estimate of drug-likeness (QED) is 0.534. The van der Waals surface area contributed by atoms with Gasteiger partial charge < -0.3 is 4.98 Å². The number of hydrogen-bond acceptors (Lipinski definition) is 4. The van der Waals surface area contributed by atoms with Crippen LogP contribution in [0.25, 0.3) is 22.5 Å². The molecule has 0 aliphatic carbocycles. The van der Waals surface area contributed by atoms with E-state index in [9.17, 15) is 21.6 Å². The number of aromatic amines is 1. The van der Waals surface area contributed by atoms with Crippen LogP contribution < -0.4 is 0 Å². The number of nitrogens with one attached hydrogen (secondary N) is 1. The summed E-state index contributed by atoms with van der Waals surface area (Å²) in [6.45, 7) is 0. The fourth-order valence-electron chi connectivity index (χ4n) is 2.61. The smallest absolute Gasteiger partial charge is 0.334 e. The van der Waals surface area contributed by atoms with Crippen molar-refractivity contribution in [3.05, 3.63) is 53.3 Å². The first-order valence-electron chi connectivity index (χ1n) is 7.82. The lowest BCUT2D eigenvalue weighted by atomic mass is 10.1. The van der Waals surface area contributed by atoms with E-state index in [-0.39, 0.29) is 16.3 Å². The van der Waals surface area contributed by atoms with Gasteiger partial charge in [0.2, 0.25) is 5.82 Å². The van der Waals surface area contributed by atoms with Crippen molar-refractivity contribution >= 4 is 33.2 Å². The monoisotopic (exact) mass is 446 g/mol. The molecule has 4 nitrogen and oxygen atoms in total. The number of aromatic nitrogens is 2. The summed E-state index contributed by atoms with van der Waals surface area (Å²) in [7, 11) is -3.42. The van der Waals surface area contributed by atoms with Gasteiger partial charge in [0.05, 0.1) is 21.3 Å². The summed E-state index contributed by atoms with van der Waals surface area (Å²) >= 11 is 7.61. The molecule has 28 heavy (non-hydrogen) atoms. The van der Waals surface area contributed by atoms with Gasteiger partial charge in [-0.15, -0.1) is 11.8 Å². The van der Waals surface area contributed by atoms with Crippen molar-refractivity contribution in [3.63, 3.8) is 0 Å². The predicted octanol–water partition coefficient (Wildman–Crippen LogP) is 5.54. The topological polar surface area (TPSA) is 62.8 Å². The minimum Gasteiger partial charge on any atom is -0.334 e. The largest absolute Gasteiger partial charge is 0.449 e. The maximum atomic E-state index is 13.2. The van der Waals surface area contributed by atoms with Crippen molar-refractivity contribution in [2.45, 2.75) is 16.0 Å². The average molecular weight is 447 g/mol. The van der Waals surface area contributed by atoms with E-state index in [4.69, 9.17) is 11.6 Å². The predicted molar refractivity (Wildman–Crippen MR) is 104 cm³/mol. The van der Waals surface area contributed by atoms with E-state index in [1.54, 1.807) is 18.2 Å². The Balaban J connectivity index is 2.18. The first-order chi connectivity index (χ1) is 13.0. The highest BCUT2D eigenvalue weighted by Crippen LogP contribution is 2.38. The van der Waals surface area contributed by atoms with Crippen molar-refractivity contribution in [2.75, 3.05) is 12.5 Å². The van der Waals surface area contributed by atoms with Gasteiger partial charge in [-0.2, -0.15) is 13.2 Å². The van der Waals surface area contributed by atoms with Gasteiger partial charge >= 0.3 is 6.18 Å². The molecule has 0 spiro atoms. The lowest BCUT2D eigenvalue weighted by molar-refractivity contribution is -0.144. The molecular formula is C18H14ClF3N2O2S2. The van der Waals surface area contributed by atoms with E-state index in [2.05, 4.69) is 9.97 Å². The van der Waals surface area contributed by atoms with E-state index in [1.165, 1.54) is 36.0 Å². The lowest BCUT2D eigenvalue weighted by Crippen LogP contribution is -2.07.